The van der Waals surface area contributed by atoms with Crippen molar-refractivity contribution in [1.82, 2.24) is 9.88 Å². The van der Waals surface area contributed by atoms with Crippen LogP contribution in [-0.2, 0) is 0 Å². The number of carbonyl (C=O) groups is 1. The average molecular weight is 406 g/mol. The van der Waals surface area contributed by atoms with Gasteiger partial charge in [0.05, 0.1) is 18.4 Å². The molecule has 1 aliphatic heterocycles. The zero-order valence-corrected chi connectivity index (χ0v) is 17.0. The molecule has 0 unspecified atom stereocenters. The molecule has 3 N–H and O–H groups in total. The second-order valence-corrected chi connectivity index (χ2v) is 6.54. The van der Waals surface area contributed by atoms with Gasteiger partial charge in [-0.05, 0) is 37.2 Å². The molecule has 152 valence electrons. The maximum atomic E-state index is 11.4. The number of rotatable bonds is 8. The van der Waals surface area contributed by atoms with Gasteiger partial charge in [-0.1, -0.05) is 12.1 Å². The summed E-state index contributed by atoms with van der Waals surface area (Å²) in [4.78, 5) is 20.5. The SMILES string of the molecule is COc1ccccc1N1CCN(CCCNc2ncccc2C(N)=O)CC1.Cl. The third kappa shape index (κ3) is 5.50. The minimum atomic E-state index is -0.460. The summed E-state index contributed by atoms with van der Waals surface area (Å²) in [5.41, 5.74) is 6.97. The van der Waals surface area contributed by atoms with Crippen LogP contribution in [0.15, 0.2) is 42.6 Å². The van der Waals surface area contributed by atoms with E-state index in [0.29, 0.717) is 11.4 Å². The van der Waals surface area contributed by atoms with E-state index in [1.54, 1.807) is 25.4 Å². The Hall–Kier alpha value is -2.51. The lowest BCUT2D eigenvalue weighted by Gasteiger charge is -2.36. The molecule has 1 amide bonds. The number of methoxy groups -OCH3 is 1. The second kappa shape index (κ2) is 10.7. The van der Waals surface area contributed by atoms with E-state index in [-0.39, 0.29) is 12.4 Å². The molecule has 1 saturated heterocycles. The highest BCUT2D eigenvalue weighted by atomic mass is 35.5. The number of benzene rings is 1. The van der Waals surface area contributed by atoms with Gasteiger partial charge >= 0.3 is 0 Å². The highest BCUT2D eigenvalue weighted by Crippen LogP contribution is 2.28. The molecular weight excluding hydrogens is 378 g/mol. The molecule has 0 atom stereocenters. The van der Waals surface area contributed by atoms with Crippen LogP contribution in [0.3, 0.4) is 0 Å². The van der Waals surface area contributed by atoms with Gasteiger partial charge in [0, 0.05) is 38.9 Å². The molecule has 0 radical (unpaired) electrons. The fraction of sp³-hybridized carbons (Fsp3) is 0.400. The Morgan fingerprint density at radius 3 is 2.64 bits per heavy atom. The van der Waals surface area contributed by atoms with Crippen molar-refractivity contribution < 1.29 is 9.53 Å². The number of anilines is 2. The van der Waals surface area contributed by atoms with Gasteiger partial charge in [0.1, 0.15) is 11.6 Å². The molecule has 0 saturated carbocycles. The maximum absolute atomic E-state index is 11.4. The van der Waals surface area contributed by atoms with Gasteiger partial charge < -0.3 is 20.7 Å². The largest absolute Gasteiger partial charge is 0.495 e. The number of ether oxygens (including phenoxy) is 1. The lowest BCUT2D eigenvalue weighted by molar-refractivity contribution is 0.100. The number of amides is 1. The van der Waals surface area contributed by atoms with E-state index in [9.17, 15) is 4.79 Å². The minimum absolute atomic E-state index is 0. The van der Waals surface area contributed by atoms with Crippen LogP contribution in [0.2, 0.25) is 0 Å². The number of primary amides is 1. The third-order valence-electron chi connectivity index (χ3n) is 4.81. The van der Waals surface area contributed by atoms with Gasteiger partial charge in [-0.15, -0.1) is 12.4 Å². The normalized spacial score (nSPS) is 14.2. The van der Waals surface area contributed by atoms with E-state index in [0.717, 1.165) is 57.1 Å². The molecule has 1 aliphatic rings. The van der Waals surface area contributed by atoms with Crippen molar-refractivity contribution in [3.63, 3.8) is 0 Å². The lowest BCUT2D eigenvalue weighted by atomic mass is 10.2. The minimum Gasteiger partial charge on any atom is -0.495 e. The Morgan fingerprint density at radius 1 is 1.18 bits per heavy atom. The fourth-order valence-electron chi connectivity index (χ4n) is 3.36. The molecule has 2 aromatic rings. The van der Waals surface area contributed by atoms with E-state index >= 15 is 0 Å². The number of halogens is 1. The van der Waals surface area contributed by atoms with Crippen molar-refractivity contribution in [3.8, 4) is 5.75 Å². The molecule has 7 nitrogen and oxygen atoms in total. The summed E-state index contributed by atoms with van der Waals surface area (Å²) in [5, 5.41) is 3.22. The number of nitrogens with zero attached hydrogens (tertiary/aromatic N) is 3. The Balaban J connectivity index is 0.00000280. The molecule has 0 aliphatic carbocycles. The number of para-hydroxylation sites is 2. The number of nitrogens with one attached hydrogen (secondary N) is 1. The number of pyridine rings is 1. The summed E-state index contributed by atoms with van der Waals surface area (Å²) in [6.45, 7) is 5.78. The fourth-order valence-corrected chi connectivity index (χ4v) is 3.36. The number of aromatic nitrogens is 1. The second-order valence-electron chi connectivity index (χ2n) is 6.54. The average Bonchev–Trinajstić information content (AvgIpc) is 2.72. The number of carbonyl (C=O) groups excluding carboxylic acids is 1. The van der Waals surface area contributed by atoms with Crippen molar-refractivity contribution in [2.75, 3.05) is 56.6 Å². The number of hydrogen-bond acceptors (Lipinski definition) is 6. The van der Waals surface area contributed by atoms with E-state index in [1.165, 1.54) is 0 Å². The standard InChI is InChI=1S/C20H27N5O2.ClH/c1-27-18-8-3-2-7-17(18)25-14-12-24(13-15-25)11-5-10-23-20-16(19(21)26)6-4-9-22-20;/h2-4,6-9H,5,10-15H2,1H3,(H2,21,26)(H,22,23);1H. The molecule has 2 heterocycles. The first-order valence-electron chi connectivity index (χ1n) is 9.28. The van der Waals surface area contributed by atoms with Crippen molar-refractivity contribution in [1.29, 1.82) is 0 Å². The van der Waals surface area contributed by atoms with Crippen molar-refractivity contribution in [2.45, 2.75) is 6.42 Å². The zero-order chi connectivity index (χ0) is 19.1. The summed E-state index contributed by atoms with van der Waals surface area (Å²) in [7, 11) is 1.72. The zero-order valence-electron chi connectivity index (χ0n) is 16.1. The van der Waals surface area contributed by atoms with E-state index in [2.05, 4.69) is 26.2 Å². The van der Waals surface area contributed by atoms with Crippen LogP contribution in [0.5, 0.6) is 5.75 Å². The van der Waals surface area contributed by atoms with Crippen LogP contribution in [0, 0.1) is 0 Å². The predicted octanol–water partition coefficient (Wildman–Crippen LogP) is 2.24. The molecule has 3 rings (SSSR count). The van der Waals surface area contributed by atoms with Gasteiger partial charge in [-0.25, -0.2) is 4.98 Å². The van der Waals surface area contributed by atoms with E-state index in [1.807, 2.05) is 18.2 Å². The van der Waals surface area contributed by atoms with Gasteiger partial charge in [0.25, 0.3) is 5.91 Å². The third-order valence-corrected chi connectivity index (χ3v) is 4.81. The van der Waals surface area contributed by atoms with Crippen LogP contribution >= 0.6 is 12.4 Å². The first kappa shape index (κ1) is 21.8. The van der Waals surface area contributed by atoms with Crippen LogP contribution in [0.4, 0.5) is 11.5 Å². The summed E-state index contributed by atoms with van der Waals surface area (Å²) in [5.74, 6) is 1.03. The molecule has 1 fully saturated rings. The quantitative estimate of drug-likeness (QED) is 0.655. The Labute approximate surface area is 172 Å². The highest BCUT2D eigenvalue weighted by molar-refractivity contribution is 5.97. The van der Waals surface area contributed by atoms with Crippen LogP contribution in [0.25, 0.3) is 0 Å². The summed E-state index contributed by atoms with van der Waals surface area (Å²) < 4.78 is 5.47. The Kier molecular flexibility index (Phi) is 8.35. The topological polar surface area (TPSA) is 83.7 Å². The van der Waals surface area contributed by atoms with Crippen LogP contribution < -0.4 is 20.7 Å². The van der Waals surface area contributed by atoms with Crippen molar-refractivity contribution in [2.24, 2.45) is 5.73 Å². The van der Waals surface area contributed by atoms with Gasteiger partial charge in [0.2, 0.25) is 0 Å². The van der Waals surface area contributed by atoms with Crippen molar-refractivity contribution >= 4 is 29.8 Å². The smallest absolute Gasteiger partial charge is 0.252 e. The number of hydrogen-bond donors (Lipinski definition) is 2. The highest BCUT2D eigenvalue weighted by Gasteiger charge is 2.19. The molecule has 0 spiro atoms. The number of piperazine rings is 1. The monoisotopic (exact) mass is 405 g/mol. The summed E-state index contributed by atoms with van der Waals surface area (Å²) in [6.07, 6.45) is 2.63. The molecule has 8 heteroatoms. The Morgan fingerprint density at radius 2 is 1.93 bits per heavy atom. The van der Waals surface area contributed by atoms with Crippen LogP contribution in [-0.4, -0.2) is 62.2 Å². The maximum Gasteiger partial charge on any atom is 0.252 e. The number of nitrogens with two attached hydrogens (primary N) is 1. The van der Waals surface area contributed by atoms with Gasteiger partial charge in [0.15, 0.2) is 0 Å². The summed E-state index contributed by atoms with van der Waals surface area (Å²) >= 11 is 0. The predicted molar refractivity (Wildman–Crippen MR) is 115 cm³/mol. The lowest BCUT2D eigenvalue weighted by Crippen LogP contribution is -2.47. The van der Waals surface area contributed by atoms with E-state index < -0.39 is 5.91 Å². The first-order valence-corrected chi connectivity index (χ1v) is 9.28. The van der Waals surface area contributed by atoms with Gasteiger partial charge in [-0.2, -0.15) is 0 Å². The van der Waals surface area contributed by atoms with Gasteiger partial charge in [-0.3, -0.25) is 9.69 Å². The van der Waals surface area contributed by atoms with Crippen molar-refractivity contribution in [3.05, 3.63) is 48.2 Å². The summed E-state index contributed by atoms with van der Waals surface area (Å²) in [6, 6.07) is 11.6. The molecular formula is C20H28ClN5O2. The molecule has 1 aromatic carbocycles. The Bertz CT molecular complexity index is 766. The molecule has 0 bridgehead atoms. The van der Waals surface area contributed by atoms with Crippen LogP contribution in [0.1, 0.15) is 16.8 Å². The molecule has 28 heavy (non-hydrogen) atoms. The molecule has 1 aromatic heterocycles. The van der Waals surface area contributed by atoms with E-state index in [4.69, 9.17) is 10.5 Å². The first-order chi connectivity index (χ1) is 13.2.